The third kappa shape index (κ3) is 3.99. The molecular weight excluding hydrogens is 272 g/mol. The maximum absolute atomic E-state index is 5.84. The molecule has 0 aliphatic heterocycles. The van der Waals surface area contributed by atoms with Crippen molar-refractivity contribution in [1.29, 1.82) is 0 Å². The van der Waals surface area contributed by atoms with Gasteiger partial charge in [0.15, 0.2) is 16.6 Å². The fraction of sp³-hybridized carbons (Fsp3) is 0.786. The number of nitrogens with one attached hydrogen (secondary N) is 1. The molecule has 3 N–H and O–H groups in total. The summed E-state index contributed by atoms with van der Waals surface area (Å²) in [7, 11) is 2.21. The predicted molar refractivity (Wildman–Crippen MR) is 85.7 cm³/mol. The number of nitrogen functional groups attached to an aromatic ring is 1. The molecule has 0 atom stereocenters. The number of rotatable bonds is 7. The lowest BCUT2D eigenvalue weighted by Crippen LogP contribution is -2.33. The van der Waals surface area contributed by atoms with E-state index in [1.165, 1.54) is 37.2 Å². The maximum atomic E-state index is 5.84. The van der Waals surface area contributed by atoms with Gasteiger partial charge in [0, 0.05) is 19.1 Å². The first-order valence-electron chi connectivity index (χ1n) is 7.44. The number of hydrogen-bond acceptors (Lipinski definition) is 6. The van der Waals surface area contributed by atoms with Crippen LogP contribution < -0.4 is 15.8 Å². The molecule has 6 heteroatoms. The molecule has 0 unspecified atom stereocenters. The first kappa shape index (κ1) is 15.4. The smallest absolute Gasteiger partial charge is 0.197 e. The highest BCUT2D eigenvalue weighted by molar-refractivity contribution is 7.11. The zero-order chi connectivity index (χ0) is 14.5. The van der Waals surface area contributed by atoms with Gasteiger partial charge in [-0.25, -0.2) is 0 Å². The van der Waals surface area contributed by atoms with Crippen LogP contribution in [0.1, 0.15) is 39.5 Å². The summed E-state index contributed by atoms with van der Waals surface area (Å²) in [5.74, 6) is 1.18. The van der Waals surface area contributed by atoms with Crippen LogP contribution in [0.5, 0.6) is 5.75 Å². The van der Waals surface area contributed by atoms with E-state index in [9.17, 15) is 0 Å². The van der Waals surface area contributed by atoms with E-state index in [0.29, 0.717) is 11.6 Å². The van der Waals surface area contributed by atoms with Crippen LogP contribution in [0.15, 0.2) is 0 Å². The van der Waals surface area contributed by atoms with Crippen molar-refractivity contribution in [3.63, 3.8) is 0 Å². The van der Waals surface area contributed by atoms with Crippen LogP contribution in [0.3, 0.4) is 0 Å². The molecule has 1 saturated carbocycles. The van der Waals surface area contributed by atoms with Gasteiger partial charge in [0.1, 0.15) is 0 Å². The zero-order valence-electron chi connectivity index (χ0n) is 12.7. The standard InChI is InChI=1S/C14H26N4OS/c1-10(2)19-12-13(15)17-20-14(12)16-8-9-18(3)11-6-4-5-7-11/h10-11,16H,4-9H2,1-3H3,(H2,15,17). The molecular formula is C14H26N4OS. The molecule has 1 aromatic heterocycles. The third-order valence-corrected chi connectivity index (χ3v) is 4.53. The molecule has 2 rings (SSSR count). The average molecular weight is 298 g/mol. The lowest BCUT2D eigenvalue weighted by atomic mass is 10.2. The van der Waals surface area contributed by atoms with Gasteiger partial charge < -0.3 is 20.7 Å². The molecule has 1 fully saturated rings. The molecule has 20 heavy (non-hydrogen) atoms. The van der Waals surface area contributed by atoms with Crippen molar-refractivity contribution in [3.05, 3.63) is 0 Å². The highest BCUT2D eigenvalue weighted by Crippen LogP contribution is 2.35. The van der Waals surface area contributed by atoms with Gasteiger partial charge in [0.25, 0.3) is 0 Å². The highest BCUT2D eigenvalue weighted by atomic mass is 32.1. The van der Waals surface area contributed by atoms with E-state index in [1.54, 1.807) is 0 Å². The van der Waals surface area contributed by atoms with Crippen molar-refractivity contribution >= 4 is 22.4 Å². The molecule has 5 nitrogen and oxygen atoms in total. The van der Waals surface area contributed by atoms with Gasteiger partial charge >= 0.3 is 0 Å². The third-order valence-electron chi connectivity index (χ3n) is 3.73. The van der Waals surface area contributed by atoms with Gasteiger partial charge in [0.2, 0.25) is 0 Å². The van der Waals surface area contributed by atoms with Crippen LogP contribution in [0.25, 0.3) is 0 Å². The van der Waals surface area contributed by atoms with E-state index in [2.05, 4.69) is 21.6 Å². The summed E-state index contributed by atoms with van der Waals surface area (Å²) in [4.78, 5) is 2.45. The Morgan fingerprint density at radius 2 is 2.15 bits per heavy atom. The summed E-state index contributed by atoms with van der Waals surface area (Å²) in [6, 6.07) is 0.759. The zero-order valence-corrected chi connectivity index (χ0v) is 13.5. The fourth-order valence-corrected chi connectivity index (χ4v) is 3.30. The summed E-state index contributed by atoms with van der Waals surface area (Å²) in [6.07, 6.45) is 5.54. The number of ether oxygens (including phenoxy) is 1. The van der Waals surface area contributed by atoms with Crippen LogP contribution in [0.2, 0.25) is 0 Å². The second-order valence-electron chi connectivity index (χ2n) is 5.74. The SMILES string of the molecule is CC(C)Oc1c(N)nsc1NCCN(C)C1CCCC1. The Labute approximate surface area is 125 Å². The summed E-state index contributed by atoms with van der Waals surface area (Å²) >= 11 is 1.37. The first-order chi connectivity index (χ1) is 9.58. The van der Waals surface area contributed by atoms with E-state index in [4.69, 9.17) is 10.5 Å². The maximum Gasteiger partial charge on any atom is 0.197 e. The van der Waals surface area contributed by atoms with Crippen molar-refractivity contribution in [2.24, 2.45) is 0 Å². The van der Waals surface area contributed by atoms with Crippen molar-refractivity contribution in [1.82, 2.24) is 9.27 Å². The lowest BCUT2D eigenvalue weighted by molar-refractivity contribution is 0.244. The van der Waals surface area contributed by atoms with Gasteiger partial charge in [-0.05, 0) is 45.3 Å². The largest absolute Gasteiger partial charge is 0.484 e. The van der Waals surface area contributed by atoms with Gasteiger partial charge in [-0.1, -0.05) is 12.8 Å². The monoisotopic (exact) mass is 298 g/mol. The minimum absolute atomic E-state index is 0.107. The van der Waals surface area contributed by atoms with Crippen molar-refractivity contribution < 1.29 is 4.74 Å². The van der Waals surface area contributed by atoms with Crippen LogP contribution in [0, 0.1) is 0 Å². The first-order valence-corrected chi connectivity index (χ1v) is 8.21. The second-order valence-corrected chi connectivity index (χ2v) is 6.51. The number of hydrogen-bond donors (Lipinski definition) is 2. The molecule has 0 saturated heterocycles. The highest BCUT2D eigenvalue weighted by Gasteiger charge is 2.19. The van der Waals surface area contributed by atoms with Gasteiger partial charge in [-0.2, -0.15) is 4.37 Å². The quantitative estimate of drug-likeness (QED) is 0.810. The topological polar surface area (TPSA) is 63.4 Å². The van der Waals surface area contributed by atoms with Gasteiger partial charge in [-0.3, -0.25) is 0 Å². The van der Waals surface area contributed by atoms with Crippen LogP contribution in [0.4, 0.5) is 10.8 Å². The summed E-state index contributed by atoms with van der Waals surface area (Å²) < 4.78 is 9.88. The summed E-state index contributed by atoms with van der Waals surface area (Å²) in [5, 5.41) is 4.34. The Morgan fingerprint density at radius 1 is 1.45 bits per heavy atom. The number of aromatic nitrogens is 1. The Morgan fingerprint density at radius 3 is 2.80 bits per heavy atom. The predicted octanol–water partition coefficient (Wildman–Crippen LogP) is 2.80. The minimum Gasteiger partial charge on any atom is -0.484 e. The molecule has 0 spiro atoms. The van der Waals surface area contributed by atoms with Crippen LogP contribution >= 0.6 is 11.5 Å². The van der Waals surface area contributed by atoms with E-state index >= 15 is 0 Å². The molecule has 114 valence electrons. The summed E-state index contributed by atoms with van der Waals surface area (Å²) in [5.41, 5.74) is 5.84. The summed E-state index contributed by atoms with van der Waals surface area (Å²) in [6.45, 7) is 5.91. The fourth-order valence-electron chi connectivity index (χ4n) is 2.63. The molecule has 0 amide bonds. The van der Waals surface area contributed by atoms with Gasteiger partial charge in [-0.15, -0.1) is 0 Å². The van der Waals surface area contributed by atoms with E-state index in [0.717, 1.165) is 24.1 Å². The average Bonchev–Trinajstić information content (AvgIpc) is 3.02. The molecule has 1 aliphatic carbocycles. The minimum atomic E-state index is 0.107. The van der Waals surface area contributed by atoms with E-state index < -0.39 is 0 Å². The van der Waals surface area contributed by atoms with Crippen LogP contribution in [-0.4, -0.2) is 41.6 Å². The van der Waals surface area contributed by atoms with Crippen LogP contribution in [-0.2, 0) is 0 Å². The Kier molecular flexibility index (Phi) is 5.48. The Hall–Kier alpha value is -1.01. The number of anilines is 2. The van der Waals surface area contributed by atoms with Gasteiger partial charge in [0.05, 0.1) is 6.10 Å². The van der Waals surface area contributed by atoms with Crippen molar-refractivity contribution in [2.75, 3.05) is 31.2 Å². The molecule has 0 radical (unpaired) electrons. The number of likely N-dealkylation sites (N-methyl/N-ethyl adjacent to an activating group) is 1. The second kappa shape index (κ2) is 7.13. The molecule has 0 aromatic carbocycles. The Bertz CT molecular complexity index is 415. The van der Waals surface area contributed by atoms with Crippen molar-refractivity contribution in [2.45, 2.75) is 51.7 Å². The normalized spacial score (nSPS) is 16.2. The number of nitrogens with two attached hydrogens (primary N) is 1. The van der Waals surface area contributed by atoms with Crippen molar-refractivity contribution in [3.8, 4) is 5.75 Å². The number of nitrogens with zero attached hydrogens (tertiary/aromatic N) is 2. The molecule has 1 aromatic rings. The molecule has 0 bridgehead atoms. The van der Waals surface area contributed by atoms with E-state index in [1.807, 2.05) is 13.8 Å². The van der Waals surface area contributed by atoms with E-state index in [-0.39, 0.29) is 6.10 Å². The lowest BCUT2D eigenvalue weighted by Gasteiger charge is -2.24. The molecule has 1 heterocycles. The Balaban J connectivity index is 1.81. The molecule has 1 aliphatic rings.